The molecule has 1 saturated heterocycles. The van der Waals surface area contributed by atoms with Gasteiger partial charge in [0.1, 0.15) is 0 Å². The maximum absolute atomic E-state index is 6.47. The third-order valence-electron chi connectivity index (χ3n) is 4.67. The van der Waals surface area contributed by atoms with Crippen LogP contribution in [0.1, 0.15) is 28.6 Å². The Hall–Kier alpha value is -1.40. The van der Waals surface area contributed by atoms with Crippen LogP contribution in [-0.4, -0.2) is 47.9 Å². The van der Waals surface area contributed by atoms with Crippen molar-refractivity contribution in [3.63, 3.8) is 0 Å². The number of nitrogens with zero attached hydrogens (tertiary/aromatic N) is 2. The van der Waals surface area contributed by atoms with Crippen molar-refractivity contribution in [2.75, 3.05) is 32.8 Å². The molecule has 0 aliphatic carbocycles. The molecule has 130 valence electrons. The number of aromatic amines is 1. The van der Waals surface area contributed by atoms with Crippen LogP contribution in [-0.2, 0) is 11.3 Å². The molecular formula is C18H25ClN4O. The summed E-state index contributed by atoms with van der Waals surface area (Å²) in [6, 6.07) is 8.37. The zero-order valence-corrected chi connectivity index (χ0v) is 15.1. The Morgan fingerprint density at radius 2 is 2.04 bits per heavy atom. The molecule has 6 heteroatoms. The van der Waals surface area contributed by atoms with Crippen molar-refractivity contribution < 1.29 is 4.74 Å². The van der Waals surface area contributed by atoms with Crippen LogP contribution in [0.15, 0.2) is 24.3 Å². The van der Waals surface area contributed by atoms with Gasteiger partial charge in [-0.05, 0) is 25.5 Å². The van der Waals surface area contributed by atoms with E-state index in [4.69, 9.17) is 16.3 Å². The topological polar surface area (TPSA) is 53.2 Å². The van der Waals surface area contributed by atoms with Crippen LogP contribution in [0.4, 0.5) is 0 Å². The highest BCUT2D eigenvalue weighted by atomic mass is 35.5. The summed E-state index contributed by atoms with van der Waals surface area (Å²) in [5.74, 6) is 0. The van der Waals surface area contributed by atoms with E-state index >= 15 is 0 Å². The SMILES string of the molecule is Cc1n[nH]c(C)c1CNC[C@H](c1ccccc1Cl)N1CCOCC1. The highest BCUT2D eigenvalue weighted by Crippen LogP contribution is 2.28. The van der Waals surface area contributed by atoms with Crippen LogP contribution in [0.5, 0.6) is 0 Å². The first-order valence-electron chi connectivity index (χ1n) is 8.44. The van der Waals surface area contributed by atoms with Crippen molar-refractivity contribution in [2.24, 2.45) is 0 Å². The predicted molar refractivity (Wildman–Crippen MR) is 96.4 cm³/mol. The number of benzene rings is 1. The molecule has 0 saturated carbocycles. The van der Waals surface area contributed by atoms with Gasteiger partial charge >= 0.3 is 0 Å². The molecule has 1 atom stereocenters. The molecule has 24 heavy (non-hydrogen) atoms. The highest BCUT2D eigenvalue weighted by molar-refractivity contribution is 6.31. The average molecular weight is 349 g/mol. The minimum absolute atomic E-state index is 0.245. The Morgan fingerprint density at radius 1 is 1.29 bits per heavy atom. The molecule has 1 aromatic heterocycles. The van der Waals surface area contributed by atoms with Crippen molar-refractivity contribution in [3.8, 4) is 0 Å². The van der Waals surface area contributed by atoms with E-state index in [9.17, 15) is 0 Å². The zero-order chi connectivity index (χ0) is 16.9. The van der Waals surface area contributed by atoms with Gasteiger partial charge < -0.3 is 10.1 Å². The number of halogens is 1. The monoisotopic (exact) mass is 348 g/mol. The van der Waals surface area contributed by atoms with Gasteiger partial charge in [0.25, 0.3) is 0 Å². The summed E-state index contributed by atoms with van der Waals surface area (Å²) in [6.45, 7) is 9.16. The van der Waals surface area contributed by atoms with E-state index in [-0.39, 0.29) is 6.04 Å². The van der Waals surface area contributed by atoms with E-state index in [0.717, 1.165) is 55.8 Å². The average Bonchev–Trinajstić information content (AvgIpc) is 2.92. The van der Waals surface area contributed by atoms with Gasteiger partial charge in [-0.1, -0.05) is 29.8 Å². The summed E-state index contributed by atoms with van der Waals surface area (Å²) in [7, 11) is 0. The minimum Gasteiger partial charge on any atom is -0.379 e. The van der Waals surface area contributed by atoms with Crippen LogP contribution in [0.3, 0.4) is 0 Å². The molecule has 2 N–H and O–H groups in total. The maximum atomic E-state index is 6.47. The fraction of sp³-hybridized carbons (Fsp3) is 0.500. The third-order valence-corrected chi connectivity index (χ3v) is 5.02. The number of aromatic nitrogens is 2. The van der Waals surface area contributed by atoms with Gasteiger partial charge in [0.05, 0.1) is 18.9 Å². The Kier molecular flexibility index (Phi) is 5.89. The largest absolute Gasteiger partial charge is 0.379 e. The number of H-pyrrole nitrogens is 1. The Bertz CT molecular complexity index is 647. The van der Waals surface area contributed by atoms with Crippen LogP contribution >= 0.6 is 11.6 Å². The van der Waals surface area contributed by atoms with Crippen molar-refractivity contribution in [2.45, 2.75) is 26.4 Å². The van der Waals surface area contributed by atoms with Crippen molar-refractivity contribution >= 4 is 11.6 Å². The molecule has 0 amide bonds. The van der Waals surface area contributed by atoms with Crippen LogP contribution in [0.2, 0.25) is 5.02 Å². The normalized spacial score (nSPS) is 17.1. The molecule has 0 unspecified atom stereocenters. The second-order valence-corrected chi connectivity index (χ2v) is 6.64. The van der Waals surface area contributed by atoms with E-state index in [1.165, 1.54) is 11.1 Å². The number of nitrogens with one attached hydrogen (secondary N) is 2. The standard InChI is InChI=1S/C18H25ClN4O/c1-13-16(14(2)22-21-13)11-20-12-18(23-7-9-24-10-8-23)15-5-3-4-6-17(15)19/h3-6,18,20H,7-12H2,1-2H3,(H,21,22)/t18-/m1/s1. The summed E-state index contributed by atoms with van der Waals surface area (Å²) in [4.78, 5) is 2.45. The summed E-state index contributed by atoms with van der Waals surface area (Å²) < 4.78 is 5.50. The lowest BCUT2D eigenvalue weighted by atomic mass is 10.0. The molecule has 1 aliphatic rings. The molecular weight excluding hydrogens is 324 g/mol. The van der Waals surface area contributed by atoms with Gasteiger partial charge in [0.15, 0.2) is 0 Å². The summed E-state index contributed by atoms with van der Waals surface area (Å²) in [5, 5.41) is 11.7. The lowest BCUT2D eigenvalue weighted by Gasteiger charge is -2.35. The number of ether oxygens (including phenoxy) is 1. The second-order valence-electron chi connectivity index (χ2n) is 6.23. The van der Waals surface area contributed by atoms with Crippen molar-refractivity contribution in [3.05, 3.63) is 51.8 Å². The first-order valence-corrected chi connectivity index (χ1v) is 8.82. The fourth-order valence-corrected chi connectivity index (χ4v) is 3.50. The number of hydrogen-bond donors (Lipinski definition) is 2. The molecule has 2 aromatic rings. The van der Waals surface area contributed by atoms with E-state index in [2.05, 4.69) is 39.5 Å². The summed E-state index contributed by atoms with van der Waals surface area (Å²) >= 11 is 6.47. The van der Waals surface area contributed by atoms with Gasteiger partial charge in [0, 0.05) is 48.5 Å². The molecule has 0 radical (unpaired) electrons. The third kappa shape index (κ3) is 3.98. The van der Waals surface area contributed by atoms with Crippen LogP contribution < -0.4 is 5.32 Å². The summed E-state index contributed by atoms with van der Waals surface area (Å²) in [5.41, 5.74) is 4.60. The number of rotatable bonds is 6. The number of aryl methyl sites for hydroxylation is 2. The molecule has 0 bridgehead atoms. The molecule has 2 heterocycles. The van der Waals surface area contributed by atoms with Gasteiger partial charge in [-0.2, -0.15) is 5.10 Å². The van der Waals surface area contributed by atoms with Gasteiger partial charge in [-0.3, -0.25) is 10.00 Å². The number of morpholine rings is 1. The molecule has 1 aliphatic heterocycles. The Morgan fingerprint density at radius 3 is 2.71 bits per heavy atom. The summed E-state index contributed by atoms with van der Waals surface area (Å²) in [6.07, 6.45) is 0. The smallest absolute Gasteiger partial charge is 0.0638 e. The second kappa shape index (κ2) is 8.12. The first kappa shape index (κ1) is 17.4. The molecule has 1 fully saturated rings. The van der Waals surface area contributed by atoms with Crippen molar-refractivity contribution in [1.29, 1.82) is 0 Å². The van der Waals surface area contributed by atoms with Gasteiger partial charge in [-0.25, -0.2) is 0 Å². The van der Waals surface area contributed by atoms with Gasteiger partial charge in [-0.15, -0.1) is 0 Å². The zero-order valence-electron chi connectivity index (χ0n) is 14.3. The van der Waals surface area contributed by atoms with Crippen LogP contribution in [0.25, 0.3) is 0 Å². The predicted octanol–water partition coefficient (Wildman–Crippen LogP) is 2.84. The van der Waals surface area contributed by atoms with Crippen LogP contribution in [0, 0.1) is 13.8 Å². The van der Waals surface area contributed by atoms with E-state index in [1.807, 2.05) is 19.1 Å². The minimum atomic E-state index is 0.245. The first-order chi connectivity index (χ1) is 11.7. The molecule has 5 nitrogen and oxygen atoms in total. The van der Waals surface area contributed by atoms with E-state index in [1.54, 1.807) is 0 Å². The quantitative estimate of drug-likeness (QED) is 0.843. The van der Waals surface area contributed by atoms with Gasteiger partial charge in [0.2, 0.25) is 0 Å². The number of hydrogen-bond acceptors (Lipinski definition) is 4. The lowest BCUT2D eigenvalue weighted by molar-refractivity contribution is 0.0161. The Balaban J connectivity index is 1.71. The highest BCUT2D eigenvalue weighted by Gasteiger charge is 2.24. The molecule has 3 rings (SSSR count). The van der Waals surface area contributed by atoms with E-state index in [0.29, 0.717) is 0 Å². The van der Waals surface area contributed by atoms with E-state index < -0.39 is 0 Å². The molecule has 0 spiro atoms. The fourth-order valence-electron chi connectivity index (χ4n) is 3.24. The maximum Gasteiger partial charge on any atom is 0.0638 e. The lowest BCUT2D eigenvalue weighted by Crippen LogP contribution is -2.42. The van der Waals surface area contributed by atoms with Crippen molar-refractivity contribution in [1.82, 2.24) is 20.4 Å². The Labute approximate surface area is 148 Å². The molecule has 1 aromatic carbocycles.